The van der Waals surface area contributed by atoms with E-state index in [0.29, 0.717) is 17.7 Å². The number of H-pyrrole nitrogens is 1. The maximum atomic E-state index is 11.2. The van der Waals surface area contributed by atoms with Gasteiger partial charge < -0.3 is 14.5 Å². The molecule has 1 rings (SSSR count). The fraction of sp³-hybridized carbons (Fsp3) is 0.600. The molecule has 1 aromatic rings. The maximum Gasteiger partial charge on any atom is 0.268 e. The molecular weight excluding hydrogens is 276 g/mol. The number of hydrogen-bond acceptors (Lipinski definition) is 4. The Labute approximate surface area is 102 Å². The van der Waals surface area contributed by atoms with Crippen molar-refractivity contribution < 1.29 is 9.47 Å². The topological polar surface area (TPSA) is 64.2 Å². The number of aromatic amines is 1. The molecule has 0 fully saturated rings. The number of nitrogens with zero attached hydrogens (tertiary/aromatic N) is 1. The molecule has 16 heavy (non-hydrogen) atoms. The van der Waals surface area contributed by atoms with Crippen molar-refractivity contribution in [3.8, 4) is 5.88 Å². The van der Waals surface area contributed by atoms with Gasteiger partial charge in [-0.15, -0.1) is 0 Å². The number of rotatable bonds is 4. The molecule has 0 amide bonds. The van der Waals surface area contributed by atoms with Gasteiger partial charge >= 0.3 is 0 Å². The molecule has 0 aliphatic carbocycles. The molecule has 0 aromatic carbocycles. The molecule has 5 nitrogen and oxygen atoms in total. The minimum Gasteiger partial charge on any atom is -0.474 e. The van der Waals surface area contributed by atoms with Crippen molar-refractivity contribution in [2.45, 2.75) is 26.4 Å². The number of aromatic nitrogens is 2. The quantitative estimate of drug-likeness (QED) is 0.858. The highest BCUT2D eigenvalue weighted by molar-refractivity contribution is 9.10. The highest BCUT2D eigenvalue weighted by Crippen LogP contribution is 2.15. The van der Waals surface area contributed by atoms with Crippen LogP contribution in [0.25, 0.3) is 0 Å². The minimum atomic E-state index is -0.262. The number of nitrogens with one attached hydrogen (secondary N) is 1. The summed E-state index contributed by atoms with van der Waals surface area (Å²) in [5.74, 6) is 0.279. The van der Waals surface area contributed by atoms with E-state index in [1.54, 1.807) is 0 Å². The molecule has 0 spiro atoms. The zero-order valence-corrected chi connectivity index (χ0v) is 11.1. The van der Waals surface area contributed by atoms with Crippen LogP contribution in [0.1, 0.15) is 20.8 Å². The first-order valence-corrected chi connectivity index (χ1v) is 5.69. The maximum absolute atomic E-state index is 11.2. The van der Waals surface area contributed by atoms with E-state index in [-0.39, 0.29) is 17.0 Å². The van der Waals surface area contributed by atoms with Gasteiger partial charge in [0.2, 0.25) is 5.88 Å². The average Bonchev–Trinajstić information content (AvgIpc) is 2.17. The molecule has 0 saturated heterocycles. The predicted octanol–water partition coefficient (Wildman–Crippen LogP) is 1.73. The van der Waals surface area contributed by atoms with Gasteiger partial charge in [-0.05, 0) is 36.7 Å². The van der Waals surface area contributed by atoms with Crippen LogP contribution in [0.2, 0.25) is 0 Å². The SMILES string of the molecule is CC(C)(C)OCCOc1nc[nH]c(=O)c1Br. The van der Waals surface area contributed by atoms with Gasteiger partial charge in [0, 0.05) is 0 Å². The molecule has 1 aromatic heterocycles. The van der Waals surface area contributed by atoms with Crippen molar-refractivity contribution in [3.05, 3.63) is 21.2 Å². The second-order valence-electron chi connectivity index (χ2n) is 4.16. The third-order valence-electron chi connectivity index (χ3n) is 1.62. The van der Waals surface area contributed by atoms with Crippen molar-refractivity contribution in [2.75, 3.05) is 13.2 Å². The molecule has 0 aliphatic heterocycles. The van der Waals surface area contributed by atoms with E-state index in [2.05, 4.69) is 25.9 Å². The third kappa shape index (κ3) is 4.32. The summed E-state index contributed by atoms with van der Waals surface area (Å²) in [4.78, 5) is 17.5. The van der Waals surface area contributed by atoms with Gasteiger partial charge in [0.15, 0.2) is 0 Å². The normalized spacial score (nSPS) is 11.5. The van der Waals surface area contributed by atoms with E-state index in [0.717, 1.165) is 0 Å². The Balaban J connectivity index is 2.44. The van der Waals surface area contributed by atoms with Gasteiger partial charge in [0.1, 0.15) is 11.1 Å². The van der Waals surface area contributed by atoms with Gasteiger partial charge in [-0.1, -0.05) is 0 Å². The van der Waals surface area contributed by atoms with Crippen LogP contribution in [0.15, 0.2) is 15.6 Å². The van der Waals surface area contributed by atoms with Crippen LogP contribution in [0.5, 0.6) is 5.88 Å². The fourth-order valence-electron chi connectivity index (χ4n) is 0.954. The lowest BCUT2D eigenvalue weighted by atomic mass is 10.2. The van der Waals surface area contributed by atoms with Crippen molar-refractivity contribution in [1.82, 2.24) is 9.97 Å². The highest BCUT2D eigenvalue weighted by atomic mass is 79.9. The Morgan fingerprint density at radius 3 is 2.75 bits per heavy atom. The van der Waals surface area contributed by atoms with Crippen LogP contribution in [0.4, 0.5) is 0 Å². The molecule has 0 radical (unpaired) electrons. The van der Waals surface area contributed by atoms with Gasteiger partial charge in [-0.3, -0.25) is 4.79 Å². The molecule has 0 aliphatic rings. The Bertz CT molecular complexity index is 398. The fourth-order valence-corrected chi connectivity index (χ4v) is 1.28. The average molecular weight is 291 g/mol. The summed E-state index contributed by atoms with van der Waals surface area (Å²) in [6.07, 6.45) is 1.30. The summed E-state index contributed by atoms with van der Waals surface area (Å²) in [5, 5.41) is 0. The van der Waals surface area contributed by atoms with Crippen LogP contribution in [-0.4, -0.2) is 28.8 Å². The largest absolute Gasteiger partial charge is 0.474 e. The third-order valence-corrected chi connectivity index (χ3v) is 2.32. The van der Waals surface area contributed by atoms with Crippen molar-refractivity contribution >= 4 is 15.9 Å². The van der Waals surface area contributed by atoms with Crippen LogP contribution >= 0.6 is 15.9 Å². The lowest BCUT2D eigenvalue weighted by Gasteiger charge is -2.19. The monoisotopic (exact) mass is 290 g/mol. The van der Waals surface area contributed by atoms with Gasteiger partial charge in [0.05, 0.1) is 18.5 Å². The van der Waals surface area contributed by atoms with Crippen LogP contribution in [0.3, 0.4) is 0 Å². The van der Waals surface area contributed by atoms with Crippen molar-refractivity contribution in [3.63, 3.8) is 0 Å². The van der Waals surface area contributed by atoms with E-state index >= 15 is 0 Å². The summed E-state index contributed by atoms with van der Waals surface area (Å²) in [6, 6.07) is 0. The number of hydrogen-bond donors (Lipinski definition) is 1. The van der Waals surface area contributed by atoms with E-state index in [1.807, 2.05) is 20.8 Å². The lowest BCUT2D eigenvalue weighted by molar-refractivity contribution is -0.0169. The number of ether oxygens (including phenoxy) is 2. The zero-order chi connectivity index (χ0) is 12.2. The molecule has 0 unspecified atom stereocenters. The summed E-state index contributed by atoms with van der Waals surface area (Å²) >= 11 is 3.10. The standard InChI is InChI=1S/C10H15BrN2O3/c1-10(2,3)16-5-4-15-9-7(11)8(14)12-6-13-9/h6H,4-5H2,1-3H3,(H,12,13,14). The highest BCUT2D eigenvalue weighted by Gasteiger charge is 2.10. The van der Waals surface area contributed by atoms with Crippen molar-refractivity contribution in [2.24, 2.45) is 0 Å². The summed E-state index contributed by atoms with van der Waals surface area (Å²) in [6.45, 7) is 6.70. The molecule has 0 bridgehead atoms. The van der Waals surface area contributed by atoms with Crippen molar-refractivity contribution in [1.29, 1.82) is 0 Å². The second-order valence-corrected chi connectivity index (χ2v) is 4.95. The summed E-state index contributed by atoms with van der Waals surface area (Å²) in [5.41, 5.74) is -0.455. The summed E-state index contributed by atoms with van der Waals surface area (Å²) < 4.78 is 11.1. The molecule has 6 heteroatoms. The molecule has 1 heterocycles. The van der Waals surface area contributed by atoms with Crippen LogP contribution in [-0.2, 0) is 4.74 Å². The molecule has 1 N–H and O–H groups in total. The molecule has 0 atom stereocenters. The Kier molecular flexibility index (Phi) is 4.49. The van der Waals surface area contributed by atoms with Gasteiger partial charge in [-0.2, -0.15) is 0 Å². The predicted molar refractivity (Wildman–Crippen MR) is 63.8 cm³/mol. The smallest absolute Gasteiger partial charge is 0.268 e. The number of halogens is 1. The van der Waals surface area contributed by atoms with E-state index < -0.39 is 0 Å². The first-order chi connectivity index (χ1) is 7.40. The van der Waals surface area contributed by atoms with Gasteiger partial charge in [-0.25, -0.2) is 4.98 Å². The lowest BCUT2D eigenvalue weighted by Crippen LogP contribution is -2.23. The molecular formula is C10H15BrN2O3. The first-order valence-electron chi connectivity index (χ1n) is 4.90. The minimum absolute atomic E-state index is 0.192. The van der Waals surface area contributed by atoms with Gasteiger partial charge in [0.25, 0.3) is 5.56 Å². The first kappa shape index (κ1) is 13.2. The zero-order valence-electron chi connectivity index (χ0n) is 9.54. The van der Waals surface area contributed by atoms with Crippen LogP contribution < -0.4 is 10.3 Å². The molecule has 0 saturated carbocycles. The molecule has 90 valence electrons. The Morgan fingerprint density at radius 1 is 1.44 bits per heavy atom. The van der Waals surface area contributed by atoms with E-state index in [9.17, 15) is 4.79 Å². The van der Waals surface area contributed by atoms with E-state index in [4.69, 9.17) is 9.47 Å². The van der Waals surface area contributed by atoms with Crippen LogP contribution in [0, 0.1) is 0 Å². The second kappa shape index (κ2) is 5.45. The summed E-state index contributed by atoms with van der Waals surface area (Å²) in [7, 11) is 0. The Morgan fingerprint density at radius 2 is 2.12 bits per heavy atom. The Hall–Kier alpha value is -0.880. The van der Waals surface area contributed by atoms with E-state index in [1.165, 1.54) is 6.33 Å².